The van der Waals surface area contributed by atoms with Gasteiger partial charge >= 0.3 is 5.76 Å². The van der Waals surface area contributed by atoms with Crippen molar-refractivity contribution in [3.8, 4) is 0 Å². The second kappa shape index (κ2) is 4.92. The van der Waals surface area contributed by atoms with Crippen LogP contribution in [0.5, 0.6) is 0 Å². The zero-order valence-corrected chi connectivity index (χ0v) is 10.7. The fourth-order valence-corrected chi connectivity index (χ4v) is 2.31. The Balaban J connectivity index is 2.22. The number of hydrogen-bond acceptors (Lipinski definition) is 3. The van der Waals surface area contributed by atoms with Gasteiger partial charge in [0.2, 0.25) is 0 Å². The number of rotatable bonds is 4. The minimum atomic E-state index is -0.254. The van der Waals surface area contributed by atoms with Crippen LogP contribution in [-0.2, 0) is 13.5 Å². The van der Waals surface area contributed by atoms with E-state index in [-0.39, 0.29) is 5.76 Å². The zero-order valence-electron chi connectivity index (χ0n) is 10.7. The maximum atomic E-state index is 11.4. The SMILES string of the molecule is CNCCC(C)C1=Cc2c(oc(=O)n2C)CC1. The fraction of sp³-hybridized carbons (Fsp3) is 0.615. The van der Waals surface area contributed by atoms with Gasteiger partial charge in [-0.2, -0.15) is 0 Å². The van der Waals surface area contributed by atoms with Crippen molar-refractivity contribution in [2.75, 3.05) is 13.6 Å². The third-order valence-electron chi connectivity index (χ3n) is 3.55. The molecular formula is C13H20N2O2. The molecule has 4 nitrogen and oxygen atoms in total. The normalized spacial score (nSPS) is 16.5. The lowest BCUT2D eigenvalue weighted by Gasteiger charge is -2.19. The molecule has 0 bridgehead atoms. The Bertz CT molecular complexity index is 482. The molecule has 2 rings (SSSR count). The molecule has 0 amide bonds. The average molecular weight is 236 g/mol. The lowest BCUT2D eigenvalue weighted by Crippen LogP contribution is -2.15. The molecule has 1 unspecified atom stereocenters. The van der Waals surface area contributed by atoms with Crippen molar-refractivity contribution in [3.05, 3.63) is 27.6 Å². The molecule has 0 saturated carbocycles. The first-order valence-corrected chi connectivity index (χ1v) is 6.17. The van der Waals surface area contributed by atoms with Crippen LogP contribution in [-0.4, -0.2) is 18.2 Å². The second-order valence-electron chi connectivity index (χ2n) is 4.75. The fourth-order valence-electron chi connectivity index (χ4n) is 2.31. The third-order valence-corrected chi connectivity index (χ3v) is 3.55. The van der Waals surface area contributed by atoms with Crippen molar-refractivity contribution in [1.29, 1.82) is 0 Å². The van der Waals surface area contributed by atoms with Crippen molar-refractivity contribution >= 4 is 6.08 Å². The van der Waals surface area contributed by atoms with Gasteiger partial charge in [-0.05, 0) is 38.4 Å². The number of oxazole rings is 1. The Kier molecular flexibility index (Phi) is 3.52. The quantitative estimate of drug-likeness (QED) is 0.863. The van der Waals surface area contributed by atoms with E-state index in [0.717, 1.165) is 37.3 Å². The second-order valence-corrected chi connectivity index (χ2v) is 4.75. The minimum absolute atomic E-state index is 0.254. The van der Waals surface area contributed by atoms with E-state index in [0.29, 0.717) is 5.92 Å². The molecule has 17 heavy (non-hydrogen) atoms. The first kappa shape index (κ1) is 12.2. The Morgan fingerprint density at radius 1 is 1.53 bits per heavy atom. The molecule has 94 valence electrons. The number of nitrogens with zero attached hydrogens (tertiary/aromatic N) is 1. The summed E-state index contributed by atoms with van der Waals surface area (Å²) < 4.78 is 6.79. The van der Waals surface area contributed by atoms with Gasteiger partial charge in [-0.3, -0.25) is 4.57 Å². The van der Waals surface area contributed by atoms with Gasteiger partial charge in [0, 0.05) is 13.5 Å². The summed E-state index contributed by atoms with van der Waals surface area (Å²) in [6.07, 6.45) is 5.11. The molecule has 1 aliphatic rings. The van der Waals surface area contributed by atoms with E-state index < -0.39 is 0 Å². The van der Waals surface area contributed by atoms with Gasteiger partial charge in [-0.15, -0.1) is 0 Å². The molecule has 1 atom stereocenters. The molecular weight excluding hydrogens is 216 g/mol. The van der Waals surface area contributed by atoms with Crippen molar-refractivity contribution in [3.63, 3.8) is 0 Å². The van der Waals surface area contributed by atoms with Crippen LogP contribution in [0.25, 0.3) is 6.08 Å². The maximum Gasteiger partial charge on any atom is 0.419 e. The lowest BCUT2D eigenvalue weighted by atomic mass is 9.89. The highest BCUT2D eigenvalue weighted by Gasteiger charge is 2.20. The van der Waals surface area contributed by atoms with Crippen molar-refractivity contribution in [1.82, 2.24) is 9.88 Å². The van der Waals surface area contributed by atoms with Crippen LogP contribution in [0.3, 0.4) is 0 Å². The summed E-state index contributed by atoms with van der Waals surface area (Å²) in [5.74, 6) is 1.14. The van der Waals surface area contributed by atoms with E-state index in [9.17, 15) is 4.79 Å². The maximum absolute atomic E-state index is 11.4. The summed E-state index contributed by atoms with van der Waals surface area (Å²) in [6.45, 7) is 3.27. The predicted octanol–water partition coefficient (Wildman–Crippen LogP) is 1.55. The Morgan fingerprint density at radius 2 is 2.29 bits per heavy atom. The topological polar surface area (TPSA) is 47.2 Å². The highest BCUT2D eigenvalue weighted by Crippen LogP contribution is 2.28. The van der Waals surface area contributed by atoms with Gasteiger partial charge in [0.1, 0.15) is 5.76 Å². The molecule has 1 heterocycles. The number of aromatic nitrogens is 1. The van der Waals surface area contributed by atoms with Crippen LogP contribution in [0.2, 0.25) is 0 Å². The largest absolute Gasteiger partial charge is 0.419 e. The Labute approximate surface area is 101 Å². The minimum Gasteiger partial charge on any atom is -0.412 e. The molecule has 1 aliphatic carbocycles. The highest BCUT2D eigenvalue weighted by molar-refractivity contribution is 5.54. The number of allylic oxidation sites excluding steroid dienone is 1. The van der Waals surface area contributed by atoms with Gasteiger partial charge < -0.3 is 9.73 Å². The first-order valence-electron chi connectivity index (χ1n) is 6.17. The van der Waals surface area contributed by atoms with Crippen LogP contribution < -0.4 is 11.1 Å². The van der Waals surface area contributed by atoms with E-state index in [2.05, 4.69) is 18.3 Å². The molecule has 0 fully saturated rings. The Hall–Kier alpha value is -1.29. The molecule has 0 aromatic carbocycles. The standard InChI is InChI=1S/C13H20N2O2/c1-9(6-7-14-2)10-4-5-12-11(8-10)15(3)13(16)17-12/h8-9,14H,4-7H2,1-3H3. The molecule has 4 heteroatoms. The molecule has 1 aromatic rings. The molecule has 0 radical (unpaired) electrons. The average Bonchev–Trinajstić information content (AvgIpc) is 2.62. The Morgan fingerprint density at radius 3 is 3.00 bits per heavy atom. The van der Waals surface area contributed by atoms with E-state index in [1.54, 1.807) is 11.6 Å². The summed E-state index contributed by atoms with van der Waals surface area (Å²) in [4.78, 5) is 11.4. The van der Waals surface area contributed by atoms with Gasteiger partial charge in [0.05, 0.1) is 5.69 Å². The smallest absolute Gasteiger partial charge is 0.412 e. The van der Waals surface area contributed by atoms with Crippen LogP contribution in [0.4, 0.5) is 0 Å². The van der Waals surface area contributed by atoms with Crippen LogP contribution >= 0.6 is 0 Å². The zero-order chi connectivity index (χ0) is 12.4. The number of fused-ring (bicyclic) bond motifs is 1. The molecule has 1 aromatic heterocycles. The number of hydrogen-bond donors (Lipinski definition) is 1. The molecule has 0 saturated heterocycles. The van der Waals surface area contributed by atoms with Crippen molar-refractivity contribution in [2.24, 2.45) is 13.0 Å². The third kappa shape index (κ3) is 2.36. The van der Waals surface area contributed by atoms with Crippen molar-refractivity contribution in [2.45, 2.75) is 26.2 Å². The van der Waals surface area contributed by atoms with Gasteiger partial charge in [-0.25, -0.2) is 4.79 Å². The van der Waals surface area contributed by atoms with Gasteiger partial charge in [0.25, 0.3) is 0 Å². The van der Waals surface area contributed by atoms with Crippen LogP contribution in [0.15, 0.2) is 14.8 Å². The summed E-state index contributed by atoms with van der Waals surface area (Å²) in [7, 11) is 3.74. The molecule has 0 aliphatic heterocycles. The highest BCUT2D eigenvalue weighted by atomic mass is 16.4. The van der Waals surface area contributed by atoms with E-state index in [1.165, 1.54) is 5.57 Å². The van der Waals surface area contributed by atoms with Crippen LogP contribution in [0.1, 0.15) is 31.2 Å². The molecule has 0 spiro atoms. The number of nitrogens with one attached hydrogen (secondary N) is 1. The lowest BCUT2D eigenvalue weighted by molar-refractivity contribution is 0.450. The first-order chi connectivity index (χ1) is 8.13. The summed E-state index contributed by atoms with van der Waals surface area (Å²) >= 11 is 0. The molecule has 1 N–H and O–H groups in total. The van der Waals surface area contributed by atoms with Crippen LogP contribution in [0, 0.1) is 5.92 Å². The summed E-state index contributed by atoms with van der Waals surface area (Å²) in [5.41, 5.74) is 2.37. The number of aryl methyl sites for hydroxylation is 1. The summed E-state index contributed by atoms with van der Waals surface area (Å²) in [5, 5.41) is 3.17. The van der Waals surface area contributed by atoms with E-state index in [1.807, 2.05) is 7.05 Å². The van der Waals surface area contributed by atoms with Crippen molar-refractivity contribution < 1.29 is 4.42 Å². The predicted molar refractivity (Wildman–Crippen MR) is 68.0 cm³/mol. The monoisotopic (exact) mass is 236 g/mol. The van der Waals surface area contributed by atoms with Gasteiger partial charge in [0.15, 0.2) is 0 Å². The van der Waals surface area contributed by atoms with E-state index in [4.69, 9.17) is 4.42 Å². The van der Waals surface area contributed by atoms with E-state index >= 15 is 0 Å². The van der Waals surface area contributed by atoms with Gasteiger partial charge in [-0.1, -0.05) is 12.5 Å². The summed E-state index contributed by atoms with van der Waals surface area (Å²) in [6, 6.07) is 0.